The third-order valence-corrected chi connectivity index (χ3v) is 3.13. The molecule has 102 valence electrons. The zero-order valence-electron chi connectivity index (χ0n) is 11.4. The van der Waals surface area contributed by atoms with Crippen LogP contribution in [-0.2, 0) is 0 Å². The molecular formula is C12H22N4OS. The minimum Gasteiger partial charge on any atom is -0.388 e. The molecule has 0 aromatic carbocycles. The molecule has 0 saturated heterocycles. The molecule has 1 aromatic rings. The third kappa shape index (κ3) is 4.70. The molecule has 5 nitrogen and oxygen atoms in total. The van der Waals surface area contributed by atoms with Gasteiger partial charge in [-0.15, -0.1) is 0 Å². The molecule has 0 aliphatic rings. The fourth-order valence-electron chi connectivity index (χ4n) is 1.64. The lowest BCUT2D eigenvalue weighted by molar-refractivity contribution is 0.0636. The normalized spacial score (nSPS) is 14.1. The Kier molecular flexibility index (Phi) is 5.68. The number of anilines is 2. The van der Waals surface area contributed by atoms with Crippen LogP contribution < -0.4 is 10.6 Å². The SMILES string of the molecule is CCCC(C)(O)CNc1cc(NC)nc(SC)n1. The van der Waals surface area contributed by atoms with E-state index in [1.807, 2.05) is 26.3 Å². The largest absolute Gasteiger partial charge is 0.388 e. The molecule has 18 heavy (non-hydrogen) atoms. The van der Waals surface area contributed by atoms with E-state index in [0.717, 1.165) is 24.5 Å². The summed E-state index contributed by atoms with van der Waals surface area (Å²) in [7, 11) is 1.82. The van der Waals surface area contributed by atoms with Crippen LogP contribution in [-0.4, -0.2) is 40.5 Å². The van der Waals surface area contributed by atoms with E-state index in [1.54, 1.807) is 0 Å². The van der Waals surface area contributed by atoms with E-state index in [9.17, 15) is 5.11 Å². The monoisotopic (exact) mass is 270 g/mol. The maximum Gasteiger partial charge on any atom is 0.191 e. The second-order valence-corrected chi connectivity index (χ2v) is 5.25. The Labute approximate surface area is 113 Å². The molecule has 0 amide bonds. The van der Waals surface area contributed by atoms with Crippen LogP contribution in [0.5, 0.6) is 0 Å². The van der Waals surface area contributed by atoms with E-state index in [0.29, 0.717) is 11.7 Å². The maximum absolute atomic E-state index is 10.1. The van der Waals surface area contributed by atoms with Gasteiger partial charge in [0.1, 0.15) is 11.6 Å². The highest BCUT2D eigenvalue weighted by molar-refractivity contribution is 7.98. The van der Waals surface area contributed by atoms with Gasteiger partial charge in [0.2, 0.25) is 0 Å². The van der Waals surface area contributed by atoms with Crippen molar-refractivity contribution in [1.29, 1.82) is 0 Å². The van der Waals surface area contributed by atoms with Crippen LogP contribution in [0.1, 0.15) is 26.7 Å². The summed E-state index contributed by atoms with van der Waals surface area (Å²) in [6.45, 7) is 4.37. The van der Waals surface area contributed by atoms with Crippen molar-refractivity contribution < 1.29 is 5.11 Å². The summed E-state index contributed by atoms with van der Waals surface area (Å²) in [4.78, 5) is 8.64. The van der Waals surface area contributed by atoms with E-state index < -0.39 is 5.60 Å². The van der Waals surface area contributed by atoms with Gasteiger partial charge in [0.15, 0.2) is 5.16 Å². The summed E-state index contributed by atoms with van der Waals surface area (Å²) in [5.74, 6) is 1.50. The Balaban J connectivity index is 2.72. The number of hydrogen-bond acceptors (Lipinski definition) is 6. The van der Waals surface area contributed by atoms with E-state index in [4.69, 9.17) is 0 Å². The molecule has 0 spiro atoms. The fourth-order valence-corrected chi connectivity index (χ4v) is 2.02. The van der Waals surface area contributed by atoms with Crippen LogP contribution >= 0.6 is 11.8 Å². The van der Waals surface area contributed by atoms with Crippen molar-refractivity contribution in [2.45, 2.75) is 37.4 Å². The number of aromatic nitrogens is 2. The Morgan fingerprint density at radius 3 is 2.61 bits per heavy atom. The van der Waals surface area contributed by atoms with Crippen molar-refractivity contribution >= 4 is 23.4 Å². The molecular weight excluding hydrogens is 248 g/mol. The highest BCUT2D eigenvalue weighted by Gasteiger charge is 2.18. The molecule has 1 unspecified atom stereocenters. The van der Waals surface area contributed by atoms with Gasteiger partial charge >= 0.3 is 0 Å². The van der Waals surface area contributed by atoms with Crippen LogP contribution in [0.3, 0.4) is 0 Å². The van der Waals surface area contributed by atoms with E-state index in [-0.39, 0.29) is 0 Å². The van der Waals surface area contributed by atoms with Crippen molar-refractivity contribution in [1.82, 2.24) is 9.97 Å². The molecule has 0 aliphatic heterocycles. The molecule has 0 saturated carbocycles. The van der Waals surface area contributed by atoms with Gasteiger partial charge in [-0.3, -0.25) is 0 Å². The molecule has 6 heteroatoms. The van der Waals surface area contributed by atoms with E-state index in [2.05, 4.69) is 27.5 Å². The predicted octanol–water partition coefficient (Wildman–Crippen LogP) is 2.20. The summed E-state index contributed by atoms with van der Waals surface area (Å²) in [5.41, 5.74) is -0.709. The average molecular weight is 270 g/mol. The first-order valence-electron chi connectivity index (χ1n) is 6.08. The molecule has 0 fully saturated rings. The lowest BCUT2D eigenvalue weighted by Gasteiger charge is -2.23. The van der Waals surface area contributed by atoms with Gasteiger partial charge in [-0.05, 0) is 19.6 Å². The number of nitrogens with one attached hydrogen (secondary N) is 2. The Bertz CT molecular complexity index is 362. The minimum atomic E-state index is -0.709. The van der Waals surface area contributed by atoms with Crippen LogP contribution in [0.4, 0.5) is 11.6 Å². The maximum atomic E-state index is 10.1. The molecule has 0 bridgehead atoms. The van der Waals surface area contributed by atoms with Crippen LogP contribution in [0, 0.1) is 0 Å². The summed E-state index contributed by atoms with van der Waals surface area (Å²) >= 11 is 1.49. The second kappa shape index (κ2) is 6.80. The molecule has 1 rings (SSSR count). The Morgan fingerprint density at radius 1 is 1.39 bits per heavy atom. The molecule has 0 radical (unpaired) electrons. The minimum absolute atomic E-state index is 0.481. The Hall–Kier alpha value is -1.01. The van der Waals surface area contributed by atoms with Crippen molar-refractivity contribution in [2.24, 2.45) is 0 Å². The second-order valence-electron chi connectivity index (χ2n) is 4.48. The summed E-state index contributed by atoms with van der Waals surface area (Å²) in [6, 6.07) is 1.84. The first-order valence-corrected chi connectivity index (χ1v) is 7.30. The average Bonchev–Trinajstić information content (AvgIpc) is 2.36. The number of aliphatic hydroxyl groups is 1. The molecule has 0 aliphatic carbocycles. The van der Waals surface area contributed by atoms with Gasteiger partial charge in [0.25, 0.3) is 0 Å². The standard InChI is InChI=1S/C12H22N4OS/c1-5-6-12(2,17)8-14-10-7-9(13-3)15-11(16-10)18-4/h7,17H,5-6,8H2,1-4H3,(H2,13,14,15,16). The van der Waals surface area contributed by atoms with Crippen LogP contribution in [0.25, 0.3) is 0 Å². The highest BCUT2D eigenvalue weighted by Crippen LogP contribution is 2.18. The van der Waals surface area contributed by atoms with Crippen molar-refractivity contribution in [2.75, 3.05) is 30.5 Å². The lowest BCUT2D eigenvalue weighted by Crippen LogP contribution is -2.33. The molecule has 3 N–H and O–H groups in total. The first-order chi connectivity index (χ1) is 8.50. The van der Waals surface area contributed by atoms with Crippen LogP contribution in [0.15, 0.2) is 11.2 Å². The van der Waals surface area contributed by atoms with Crippen molar-refractivity contribution in [3.63, 3.8) is 0 Å². The van der Waals surface area contributed by atoms with Crippen molar-refractivity contribution in [3.05, 3.63) is 6.07 Å². The van der Waals surface area contributed by atoms with Crippen LogP contribution in [0.2, 0.25) is 0 Å². The molecule has 1 aromatic heterocycles. The number of thioether (sulfide) groups is 1. The molecule has 1 atom stereocenters. The third-order valence-electron chi connectivity index (χ3n) is 2.58. The van der Waals surface area contributed by atoms with Crippen molar-refractivity contribution in [3.8, 4) is 0 Å². The Morgan fingerprint density at radius 2 is 2.06 bits per heavy atom. The molecule has 1 heterocycles. The number of nitrogens with zero attached hydrogens (tertiary/aromatic N) is 2. The number of rotatable bonds is 7. The summed E-state index contributed by atoms with van der Waals surface area (Å²) in [6.07, 6.45) is 3.65. The van der Waals surface area contributed by atoms with Gasteiger partial charge < -0.3 is 15.7 Å². The van der Waals surface area contributed by atoms with Gasteiger partial charge in [0, 0.05) is 19.7 Å². The lowest BCUT2D eigenvalue weighted by atomic mass is 10.0. The predicted molar refractivity (Wildman–Crippen MR) is 77.4 cm³/mol. The summed E-state index contributed by atoms with van der Waals surface area (Å²) in [5, 5.41) is 17.0. The fraction of sp³-hybridized carbons (Fsp3) is 0.667. The van der Waals surface area contributed by atoms with E-state index >= 15 is 0 Å². The van der Waals surface area contributed by atoms with Gasteiger partial charge in [-0.1, -0.05) is 25.1 Å². The number of hydrogen-bond donors (Lipinski definition) is 3. The quantitative estimate of drug-likeness (QED) is 0.521. The smallest absolute Gasteiger partial charge is 0.191 e. The van der Waals surface area contributed by atoms with Gasteiger partial charge in [0.05, 0.1) is 5.60 Å². The summed E-state index contributed by atoms with van der Waals surface area (Å²) < 4.78 is 0. The van der Waals surface area contributed by atoms with E-state index in [1.165, 1.54) is 11.8 Å². The highest BCUT2D eigenvalue weighted by atomic mass is 32.2. The topological polar surface area (TPSA) is 70.1 Å². The first kappa shape index (κ1) is 15.0. The van der Waals surface area contributed by atoms with Gasteiger partial charge in [-0.25, -0.2) is 9.97 Å². The van der Waals surface area contributed by atoms with Gasteiger partial charge in [-0.2, -0.15) is 0 Å². The zero-order chi connectivity index (χ0) is 13.6. The zero-order valence-corrected chi connectivity index (χ0v) is 12.3.